The van der Waals surface area contributed by atoms with Crippen LogP contribution in [0.1, 0.15) is 17.7 Å². The zero-order chi connectivity index (χ0) is 21.8. The molecule has 1 unspecified atom stereocenters. The second-order valence-corrected chi connectivity index (χ2v) is 7.64. The van der Waals surface area contributed by atoms with Crippen molar-refractivity contribution >= 4 is 23.3 Å². The Kier molecular flexibility index (Phi) is 5.92. The Morgan fingerprint density at radius 1 is 1.06 bits per heavy atom. The molecule has 9 nitrogen and oxygen atoms in total. The van der Waals surface area contributed by atoms with Gasteiger partial charge in [-0.2, -0.15) is 5.10 Å². The molecular weight excluding hydrogens is 394 g/mol. The van der Waals surface area contributed by atoms with Crippen molar-refractivity contribution in [2.24, 2.45) is 5.92 Å². The summed E-state index contributed by atoms with van der Waals surface area (Å²) in [5.41, 5.74) is 2.87. The van der Waals surface area contributed by atoms with Gasteiger partial charge in [-0.05, 0) is 44.2 Å². The van der Waals surface area contributed by atoms with Gasteiger partial charge in [0.25, 0.3) is 0 Å². The molecule has 0 saturated carbocycles. The van der Waals surface area contributed by atoms with Gasteiger partial charge < -0.3 is 15.5 Å². The van der Waals surface area contributed by atoms with Crippen LogP contribution in [0.25, 0.3) is 5.82 Å². The molecule has 0 aliphatic carbocycles. The van der Waals surface area contributed by atoms with E-state index in [1.54, 1.807) is 9.58 Å². The van der Waals surface area contributed by atoms with Crippen molar-refractivity contribution in [2.75, 3.05) is 29.9 Å². The summed E-state index contributed by atoms with van der Waals surface area (Å²) in [6, 6.07) is 13.3. The summed E-state index contributed by atoms with van der Waals surface area (Å²) < 4.78 is 1.66. The van der Waals surface area contributed by atoms with E-state index in [-0.39, 0.29) is 24.2 Å². The van der Waals surface area contributed by atoms with Gasteiger partial charge in [0, 0.05) is 37.9 Å². The molecule has 4 rings (SSSR count). The van der Waals surface area contributed by atoms with Crippen LogP contribution in [0.2, 0.25) is 0 Å². The Bertz CT molecular complexity index is 1060. The van der Waals surface area contributed by atoms with Crippen molar-refractivity contribution in [3.05, 3.63) is 59.9 Å². The fourth-order valence-corrected chi connectivity index (χ4v) is 3.46. The predicted octanol–water partition coefficient (Wildman–Crippen LogP) is 1.86. The van der Waals surface area contributed by atoms with Crippen LogP contribution in [0.3, 0.4) is 0 Å². The average Bonchev–Trinajstić information content (AvgIpc) is 3.38. The molecular formula is C22H25N7O2. The maximum Gasteiger partial charge on any atom is 0.227 e. The van der Waals surface area contributed by atoms with Crippen molar-refractivity contribution in [3.63, 3.8) is 0 Å². The van der Waals surface area contributed by atoms with Crippen molar-refractivity contribution < 1.29 is 9.59 Å². The van der Waals surface area contributed by atoms with Gasteiger partial charge in [-0.3, -0.25) is 9.59 Å². The Balaban J connectivity index is 1.22. The van der Waals surface area contributed by atoms with Gasteiger partial charge in [0.2, 0.25) is 11.8 Å². The van der Waals surface area contributed by atoms with Gasteiger partial charge in [0.1, 0.15) is 5.82 Å². The Morgan fingerprint density at radius 2 is 1.87 bits per heavy atom. The third kappa shape index (κ3) is 4.88. The first-order chi connectivity index (χ1) is 15.0. The predicted molar refractivity (Wildman–Crippen MR) is 117 cm³/mol. The average molecular weight is 419 g/mol. The maximum absolute atomic E-state index is 12.5. The van der Waals surface area contributed by atoms with Gasteiger partial charge in [-0.15, -0.1) is 10.2 Å². The van der Waals surface area contributed by atoms with Crippen LogP contribution >= 0.6 is 0 Å². The fraction of sp³-hybridized carbons (Fsp3) is 0.318. The van der Waals surface area contributed by atoms with Gasteiger partial charge in [0.05, 0.1) is 11.6 Å². The van der Waals surface area contributed by atoms with Crippen LogP contribution in [0, 0.1) is 19.8 Å². The van der Waals surface area contributed by atoms with Crippen LogP contribution in [-0.2, 0) is 9.59 Å². The summed E-state index contributed by atoms with van der Waals surface area (Å²) in [5.74, 6) is 0.773. The van der Waals surface area contributed by atoms with Crippen LogP contribution in [0.15, 0.2) is 48.7 Å². The quantitative estimate of drug-likeness (QED) is 0.567. The molecule has 1 saturated heterocycles. The molecule has 1 aliphatic rings. The summed E-state index contributed by atoms with van der Waals surface area (Å²) in [6.07, 6.45) is 2.06. The van der Waals surface area contributed by atoms with Crippen molar-refractivity contribution in [1.82, 2.24) is 25.3 Å². The number of hydrogen-bond donors (Lipinski definition) is 2. The first kappa shape index (κ1) is 20.5. The summed E-state index contributed by atoms with van der Waals surface area (Å²) in [6.45, 7) is 5.25. The first-order valence-electron chi connectivity index (χ1n) is 10.2. The van der Waals surface area contributed by atoms with E-state index in [4.69, 9.17) is 0 Å². The van der Waals surface area contributed by atoms with Gasteiger partial charge in [0.15, 0.2) is 5.82 Å². The second kappa shape index (κ2) is 8.95. The van der Waals surface area contributed by atoms with Crippen molar-refractivity contribution in [1.29, 1.82) is 0 Å². The molecule has 1 aromatic carbocycles. The molecule has 2 N–H and O–H groups in total. The molecule has 31 heavy (non-hydrogen) atoms. The van der Waals surface area contributed by atoms with E-state index in [2.05, 4.69) is 25.9 Å². The number of nitrogens with zero attached hydrogens (tertiary/aromatic N) is 5. The number of hydrogen-bond acceptors (Lipinski definition) is 6. The number of rotatable bonds is 7. The topological polar surface area (TPSA) is 105 Å². The highest BCUT2D eigenvalue weighted by atomic mass is 16.2. The molecule has 0 bridgehead atoms. The van der Waals surface area contributed by atoms with E-state index in [0.717, 1.165) is 16.9 Å². The number of nitrogens with one attached hydrogen (secondary N) is 2. The number of carbonyl (C=O) groups excluding carboxylic acids is 2. The zero-order valence-corrected chi connectivity index (χ0v) is 17.6. The largest absolute Gasteiger partial charge is 0.367 e. The highest BCUT2D eigenvalue weighted by Crippen LogP contribution is 2.25. The normalized spacial score (nSPS) is 15.9. The zero-order valence-electron chi connectivity index (χ0n) is 17.6. The Labute approximate surface area is 180 Å². The van der Waals surface area contributed by atoms with E-state index in [1.165, 1.54) is 0 Å². The molecule has 3 heterocycles. The summed E-state index contributed by atoms with van der Waals surface area (Å²) >= 11 is 0. The SMILES string of the molecule is Cc1ccc(N2CC(C(=O)NCCNc3ccc(-n4ccc(C)n4)nn3)CC2=O)cc1. The molecule has 1 aliphatic heterocycles. The van der Waals surface area contributed by atoms with E-state index < -0.39 is 0 Å². The minimum absolute atomic E-state index is 0.0233. The molecule has 0 radical (unpaired) electrons. The molecule has 2 amide bonds. The van der Waals surface area contributed by atoms with E-state index in [9.17, 15) is 9.59 Å². The van der Waals surface area contributed by atoms with Gasteiger partial charge in [-0.25, -0.2) is 4.68 Å². The molecule has 3 aromatic rings. The lowest BCUT2D eigenvalue weighted by Crippen LogP contribution is -2.35. The first-order valence-corrected chi connectivity index (χ1v) is 10.2. The van der Waals surface area contributed by atoms with E-state index in [0.29, 0.717) is 31.3 Å². The van der Waals surface area contributed by atoms with Crippen molar-refractivity contribution in [3.8, 4) is 5.82 Å². The minimum atomic E-state index is -0.342. The summed E-state index contributed by atoms with van der Waals surface area (Å²) in [7, 11) is 0. The minimum Gasteiger partial charge on any atom is -0.367 e. The smallest absolute Gasteiger partial charge is 0.227 e. The van der Waals surface area contributed by atoms with Gasteiger partial charge >= 0.3 is 0 Å². The van der Waals surface area contributed by atoms with Gasteiger partial charge in [-0.1, -0.05) is 17.7 Å². The fourth-order valence-electron chi connectivity index (χ4n) is 3.46. The lowest BCUT2D eigenvalue weighted by molar-refractivity contribution is -0.126. The number of anilines is 2. The summed E-state index contributed by atoms with van der Waals surface area (Å²) in [4.78, 5) is 26.5. The second-order valence-electron chi connectivity index (χ2n) is 7.64. The summed E-state index contributed by atoms with van der Waals surface area (Å²) in [5, 5.41) is 18.6. The maximum atomic E-state index is 12.5. The molecule has 1 fully saturated rings. The Morgan fingerprint density at radius 3 is 2.55 bits per heavy atom. The Hall–Kier alpha value is -3.75. The molecule has 2 aromatic heterocycles. The number of aryl methyl sites for hydroxylation is 2. The number of aromatic nitrogens is 4. The monoisotopic (exact) mass is 419 g/mol. The molecule has 1 atom stereocenters. The van der Waals surface area contributed by atoms with E-state index in [1.807, 2.05) is 62.5 Å². The number of amides is 2. The standard InChI is InChI=1S/C22H25N7O2/c1-15-3-5-18(6-4-15)28-14-17(13-21(28)30)22(31)24-11-10-23-19-7-8-20(26-25-19)29-12-9-16(2)27-29/h3-9,12,17H,10-11,13-14H2,1-2H3,(H,23,25)(H,24,31). The molecule has 9 heteroatoms. The lowest BCUT2D eigenvalue weighted by Gasteiger charge is -2.17. The number of benzene rings is 1. The highest BCUT2D eigenvalue weighted by molar-refractivity contribution is 6.00. The van der Waals surface area contributed by atoms with Crippen LogP contribution in [0.5, 0.6) is 0 Å². The lowest BCUT2D eigenvalue weighted by atomic mass is 10.1. The number of carbonyl (C=O) groups is 2. The van der Waals surface area contributed by atoms with Crippen LogP contribution in [-0.4, -0.2) is 51.4 Å². The third-order valence-electron chi connectivity index (χ3n) is 5.18. The van der Waals surface area contributed by atoms with Crippen molar-refractivity contribution in [2.45, 2.75) is 20.3 Å². The van der Waals surface area contributed by atoms with E-state index >= 15 is 0 Å². The van der Waals surface area contributed by atoms with Crippen LogP contribution < -0.4 is 15.5 Å². The van der Waals surface area contributed by atoms with Crippen LogP contribution in [0.4, 0.5) is 11.5 Å². The molecule has 0 spiro atoms. The highest BCUT2D eigenvalue weighted by Gasteiger charge is 2.34. The molecule has 160 valence electrons. The third-order valence-corrected chi connectivity index (χ3v) is 5.18.